The Labute approximate surface area is 104 Å². The monoisotopic (exact) mass is 250 g/mol. The number of benzene rings is 1. The average molecular weight is 251 g/mol. The van der Waals surface area contributed by atoms with E-state index in [4.69, 9.17) is 34.2 Å². The molecule has 0 saturated carbocycles. The van der Waals surface area contributed by atoms with E-state index in [0.29, 0.717) is 10.8 Å². The summed E-state index contributed by atoms with van der Waals surface area (Å²) >= 11 is 5.97. The first-order chi connectivity index (χ1) is 8.13. The zero-order chi connectivity index (χ0) is 12.7. The summed E-state index contributed by atoms with van der Waals surface area (Å²) in [5, 5.41) is 7.56. The lowest BCUT2D eigenvalue weighted by molar-refractivity contribution is 0.370. The van der Waals surface area contributed by atoms with Crippen LogP contribution >= 0.6 is 11.6 Å². The first kappa shape index (κ1) is 12.9. The molecule has 0 heterocycles. The number of halogens is 1. The Balaban J connectivity index is 2.79. The van der Waals surface area contributed by atoms with Gasteiger partial charge in [-0.15, -0.1) is 11.5 Å². The Morgan fingerprint density at radius 2 is 2.29 bits per heavy atom. The summed E-state index contributed by atoms with van der Waals surface area (Å²) in [5.74, 6) is 2.76. The van der Waals surface area contributed by atoms with Gasteiger partial charge >= 0.3 is 0 Å². The van der Waals surface area contributed by atoms with Crippen molar-refractivity contribution in [3.63, 3.8) is 0 Å². The van der Waals surface area contributed by atoms with E-state index in [1.165, 1.54) is 6.21 Å². The standard InChI is InChI=1S/C11H11ClN4O/c1-2-5-17-10-4-3-8(6-9(10)12)7-15-16-11(13)14/h1,3-4,6-7H,5H2,(H4,13,14,16). The average Bonchev–Trinajstić information content (AvgIpc) is 2.27. The normalized spacial score (nSPS) is 9.88. The molecule has 6 heteroatoms. The fraction of sp³-hybridized carbons (Fsp3) is 0.0909. The number of hydrogen-bond donors (Lipinski definition) is 2. The molecule has 4 N–H and O–H groups in total. The van der Waals surface area contributed by atoms with Crippen LogP contribution in [0.4, 0.5) is 0 Å². The van der Waals surface area contributed by atoms with Crippen molar-refractivity contribution < 1.29 is 4.74 Å². The van der Waals surface area contributed by atoms with Crippen molar-refractivity contribution in [2.45, 2.75) is 0 Å². The van der Waals surface area contributed by atoms with Crippen LogP contribution in [0.1, 0.15) is 5.56 Å². The highest BCUT2D eigenvalue weighted by molar-refractivity contribution is 6.32. The van der Waals surface area contributed by atoms with E-state index in [1.807, 2.05) is 0 Å². The topological polar surface area (TPSA) is 86.0 Å². The molecule has 0 aromatic heterocycles. The van der Waals surface area contributed by atoms with Crippen LogP contribution in [-0.2, 0) is 0 Å². The van der Waals surface area contributed by atoms with Crippen LogP contribution in [-0.4, -0.2) is 18.8 Å². The molecule has 0 saturated heterocycles. The zero-order valence-corrected chi connectivity index (χ0v) is 9.69. The van der Waals surface area contributed by atoms with E-state index >= 15 is 0 Å². The Hall–Kier alpha value is -2.19. The van der Waals surface area contributed by atoms with Crippen molar-refractivity contribution in [3.05, 3.63) is 28.8 Å². The molecule has 1 rings (SSSR count). The predicted octanol–water partition coefficient (Wildman–Crippen LogP) is 0.959. The van der Waals surface area contributed by atoms with Gasteiger partial charge in [-0.3, -0.25) is 0 Å². The van der Waals surface area contributed by atoms with Crippen molar-refractivity contribution in [3.8, 4) is 18.1 Å². The molecular weight excluding hydrogens is 240 g/mol. The van der Waals surface area contributed by atoms with E-state index in [-0.39, 0.29) is 12.6 Å². The molecule has 1 aromatic carbocycles. The first-order valence-electron chi connectivity index (χ1n) is 4.61. The molecule has 0 aliphatic carbocycles. The van der Waals surface area contributed by atoms with Gasteiger partial charge in [-0.05, 0) is 23.8 Å². The number of nitrogens with two attached hydrogens (primary N) is 2. The second kappa shape index (κ2) is 6.40. The van der Waals surface area contributed by atoms with Gasteiger partial charge in [-0.1, -0.05) is 17.5 Å². The number of ether oxygens (including phenoxy) is 1. The van der Waals surface area contributed by atoms with Gasteiger partial charge < -0.3 is 16.2 Å². The molecule has 88 valence electrons. The van der Waals surface area contributed by atoms with Crippen LogP contribution in [0, 0.1) is 12.3 Å². The molecular formula is C11H11ClN4O. The zero-order valence-electron chi connectivity index (χ0n) is 8.93. The molecule has 0 aliphatic heterocycles. The lowest BCUT2D eigenvalue weighted by Gasteiger charge is -2.04. The minimum absolute atomic E-state index is 0.110. The highest BCUT2D eigenvalue weighted by Crippen LogP contribution is 2.24. The molecule has 0 atom stereocenters. The Kier molecular flexibility index (Phi) is 4.85. The molecule has 1 aromatic rings. The van der Waals surface area contributed by atoms with Crippen LogP contribution in [0.5, 0.6) is 5.75 Å². The number of guanidine groups is 1. The molecule has 0 spiro atoms. The summed E-state index contributed by atoms with van der Waals surface area (Å²) in [7, 11) is 0. The Bertz CT molecular complexity index is 487. The summed E-state index contributed by atoms with van der Waals surface area (Å²) < 4.78 is 5.20. The summed E-state index contributed by atoms with van der Waals surface area (Å²) in [6.07, 6.45) is 6.54. The number of terminal acetylenes is 1. The maximum Gasteiger partial charge on any atom is 0.211 e. The maximum absolute atomic E-state index is 5.97. The van der Waals surface area contributed by atoms with Crippen molar-refractivity contribution in [1.29, 1.82) is 0 Å². The second-order valence-electron chi connectivity index (χ2n) is 2.95. The minimum Gasteiger partial charge on any atom is -0.479 e. The maximum atomic E-state index is 5.97. The van der Waals surface area contributed by atoms with E-state index in [9.17, 15) is 0 Å². The van der Waals surface area contributed by atoms with Crippen LogP contribution in [0.25, 0.3) is 0 Å². The SMILES string of the molecule is C#CCOc1ccc(C=NN=C(N)N)cc1Cl. The minimum atomic E-state index is -0.110. The second-order valence-corrected chi connectivity index (χ2v) is 3.36. The summed E-state index contributed by atoms with van der Waals surface area (Å²) in [4.78, 5) is 0. The van der Waals surface area contributed by atoms with Gasteiger partial charge in [0.05, 0.1) is 11.2 Å². The Morgan fingerprint density at radius 3 is 2.88 bits per heavy atom. The van der Waals surface area contributed by atoms with Crippen molar-refractivity contribution in [2.75, 3.05) is 6.61 Å². The lowest BCUT2D eigenvalue weighted by atomic mass is 10.2. The van der Waals surface area contributed by atoms with Crippen LogP contribution in [0.15, 0.2) is 28.4 Å². The van der Waals surface area contributed by atoms with Crippen molar-refractivity contribution in [2.24, 2.45) is 21.7 Å². The van der Waals surface area contributed by atoms with Crippen molar-refractivity contribution in [1.82, 2.24) is 0 Å². The fourth-order valence-electron chi connectivity index (χ4n) is 0.996. The molecule has 0 unspecified atom stereocenters. The van der Waals surface area contributed by atoms with Crippen LogP contribution in [0.3, 0.4) is 0 Å². The van der Waals surface area contributed by atoms with Crippen molar-refractivity contribution >= 4 is 23.8 Å². The molecule has 0 amide bonds. The van der Waals surface area contributed by atoms with Gasteiger partial charge in [0, 0.05) is 0 Å². The highest BCUT2D eigenvalue weighted by Gasteiger charge is 2.01. The van der Waals surface area contributed by atoms with Gasteiger partial charge in [0.25, 0.3) is 0 Å². The number of rotatable bonds is 4. The third-order valence-electron chi connectivity index (χ3n) is 1.65. The summed E-state index contributed by atoms with van der Waals surface area (Å²) in [6, 6.07) is 5.11. The quantitative estimate of drug-likeness (QED) is 0.361. The first-order valence-corrected chi connectivity index (χ1v) is 4.99. The van der Waals surface area contributed by atoms with E-state index < -0.39 is 0 Å². The fourth-order valence-corrected chi connectivity index (χ4v) is 1.24. The third kappa shape index (κ3) is 4.45. The predicted molar refractivity (Wildman–Crippen MR) is 69.2 cm³/mol. The third-order valence-corrected chi connectivity index (χ3v) is 1.94. The van der Waals surface area contributed by atoms with E-state index in [2.05, 4.69) is 16.1 Å². The smallest absolute Gasteiger partial charge is 0.211 e. The van der Waals surface area contributed by atoms with E-state index in [0.717, 1.165) is 5.56 Å². The lowest BCUT2D eigenvalue weighted by Crippen LogP contribution is -2.21. The molecule has 0 bridgehead atoms. The van der Waals surface area contributed by atoms with Gasteiger partial charge in [-0.2, -0.15) is 5.10 Å². The highest BCUT2D eigenvalue weighted by atomic mass is 35.5. The summed E-state index contributed by atoms with van der Waals surface area (Å²) in [5.41, 5.74) is 11.0. The van der Waals surface area contributed by atoms with Crippen LogP contribution < -0.4 is 16.2 Å². The number of nitrogens with zero attached hydrogens (tertiary/aromatic N) is 2. The molecule has 5 nitrogen and oxygen atoms in total. The molecule has 0 radical (unpaired) electrons. The van der Waals surface area contributed by atoms with Gasteiger partial charge in [0.15, 0.2) is 0 Å². The largest absolute Gasteiger partial charge is 0.479 e. The molecule has 0 fully saturated rings. The van der Waals surface area contributed by atoms with Crippen LogP contribution in [0.2, 0.25) is 5.02 Å². The number of hydrogen-bond acceptors (Lipinski definition) is 3. The molecule has 0 aliphatic rings. The Morgan fingerprint density at radius 1 is 1.53 bits per heavy atom. The van der Waals surface area contributed by atoms with Gasteiger partial charge in [0.2, 0.25) is 5.96 Å². The van der Waals surface area contributed by atoms with Gasteiger partial charge in [0.1, 0.15) is 12.4 Å². The summed E-state index contributed by atoms with van der Waals surface area (Å²) in [6.45, 7) is 0.168. The van der Waals surface area contributed by atoms with E-state index in [1.54, 1.807) is 18.2 Å². The van der Waals surface area contributed by atoms with Gasteiger partial charge in [-0.25, -0.2) is 0 Å². The molecule has 17 heavy (non-hydrogen) atoms.